The molecule has 0 radical (unpaired) electrons. The Labute approximate surface area is 127 Å². The highest BCUT2D eigenvalue weighted by atomic mass is 32.2. The van der Waals surface area contributed by atoms with Gasteiger partial charge in [-0.1, -0.05) is 30.0 Å². The third-order valence-electron chi connectivity index (χ3n) is 3.02. The van der Waals surface area contributed by atoms with Gasteiger partial charge < -0.3 is 4.42 Å². The number of hydrogen-bond donors (Lipinski definition) is 0. The van der Waals surface area contributed by atoms with Crippen molar-refractivity contribution in [3.05, 3.63) is 59.7 Å². The summed E-state index contributed by atoms with van der Waals surface area (Å²) in [4.78, 5) is 13.2. The second-order valence-electron chi connectivity index (χ2n) is 4.66. The number of aromatic nitrogens is 3. The number of aryl methyl sites for hydroxylation is 2. The fraction of sp³-hybridized carbons (Fsp3) is 0.188. The lowest BCUT2D eigenvalue weighted by Gasteiger charge is -1.98. The summed E-state index contributed by atoms with van der Waals surface area (Å²) in [6.07, 6.45) is 1.77. The molecule has 0 unspecified atom stereocenters. The fourth-order valence-electron chi connectivity index (χ4n) is 1.89. The van der Waals surface area contributed by atoms with Crippen molar-refractivity contribution in [1.82, 2.24) is 15.0 Å². The van der Waals surface area contributed by atoms with Crippen molar-refractivity contribution in [3.63, 3.8) is 0 Å². The zero-order valence-electron chi connectivity index (χ0n) is 11.9. The van der Waals surface area contributed by atoms with Gasteiger partial charge in [0.05, 0.1) is 5.69 Å². The summed E-state index contributed by atoms with van der Waals surface area (Å²) in [6, 6.07) is 11.8. The number of hydrogen-bond acceptors (Lipinski definition) is 5. The SMILES string of the molecule is Cc1ccnc(SCc2nc(-c3ccccc3)oc2C)n1. The first-order valence-electron chi connectivity index (χ1n) is 6.66. The lowest BCUT2D eigenvalue weighted by molar-refractivity contribution is 0.540. The Kier molecular flexibility index (Phi) is 4.01. The van der Waals surface area contributed by atoms with Gasteiger partial charge in [-0.2, -0.15) is 0 Å². The molecular weight excluding hydrogens is 282 g/mol. The van der Waals surface area contributed by atoms with E-state index < -0.39 is 0 Å². The van der Waals surface area contributed by atoms with Crippen LogP contribution in [0.3, 0.4) is 0 Å². The van der Waals surface area contributed by atoms with Crippen LogP contribution in [0.1, 0.15) is 17.1 Å². The molecule has 2 aromatic heterocycles. The van der Waals surface area contributed by atoms with Gasteiger partial charge in [-0.3, -0.25) is 0 Å². The Morgan fingerprint density at radius 2 is 1.86 bits per heavy atom. The quantitative estimate of drug-likeness (QED) is 0.537. The van der Waals surface area contributed by atoms with Crippen molar-refractivity contribution in [1.29, 1.82) is 0 Å². The van der Waals surface area contributed by atoms with E-state index in [1.54, 1.807) is 18.0 Å². The molecular formula is C16H15N3OS. The van der Waals surface area contributed by atoms with E-state index in [-0.39, 0.29) is 0 Å². The monoisotopic (exact) mass is 297 g/mol. The molecule has 2 heterocycles. The summed E-state index contributed by atoms with van der Waals surface area (Å²) >= 11 is 1.57. The standard InChI is InChI=1S/C16H15N3OS/c1-11-8-9-17-16(18-11)21-10-14-12(2)20-15(19-14)13-6-4-3-5-7-13/h3-9H,10H2,1-2H3. The van der Waals surface area contributed by atoms with Crippen LogP contribution in [0, 0.1) is 13.8 Å². The zero-order chi connectivity index (χ0) is 14.7. The Hall–Kier alpha value is -2.14. The molecule has 0 N–H and O–H groups in total. The van der Waals surface area contributed by atoms with Crippen LogP contribution < -0.4 is 0 Å². The van der Waals surface area contributed by atoms with Gasteiger partial charge in [0, 0.05) is 23.2 Å². The number of nitrogens with zero attached hydrogens (tertiary/aromatic N) is 3. The van der Waals surface area contributed by atoms with Gasteiger partial charge in [0.2, 0.25) is 5.89 Å². The van der Waals surface area contributed by atoms with Crippen LogP contribution in [0.25, 0.3) is 11.5 Å². The van der Waals surface area contributed by atoms with Crippen molar-refractivity contribution < 1.29 is 4.42 Å². The Morgan fingerprint density at radius 3 is 2.62 bits per heavy atom. The lowest BCUT2D eigenvalue weighted by Crippen LogP contribution is -1.90. The van der Waals surface area contributed by atoms with E-state index in [4.69, 9.17) is 4.42 Å². The zero-order valence-corrected chi connectivity index (χ0v) is 12.7. The molecule has 3 aromatic rings. The van der Waals surface area contributed by atoms with Crippen LogP contribution in [0.4, 0.5) is 0 Å². The first-order chi connectivity index (χ1) is 10.2. The summed E-state index contributed by atoms with van der Waals surface area (Å²) in [5.74, 6) is 2.20. The minimum Gasteiger partial charge on any atom is -0.441 e. The van der Waals surface area contributed by atoms with E-state index in [1.165, 1.54) is 0 Å². The topological polar surface area (TPSA) is 51.8 Å². The highest BCUT2D eigenvalue weighted by Crippen LogP contribution is 2.25. The van der Waals surface area contributed by atoms with Gasteiger partial charge in [0.25, 0.3) is 0 Å². The Morgan fingerprint density at radius 1 is 1.05 bits per heavy atom. The largest absolute Gasteiger partial charge is 0.441 e. The van der Waals surface area contributed by atoms with Crippen molar-refractivity contribution in [2.45, 2.75) is 24.8 Å². The van der Waals surface area contributed by atoms with Crippen molar-refractivity contribution in [2.24, 2.45) is 0 Å². The molecule has 106 valence electrons. The number of rotatable bonds is 4. The van der Waals surface area contributed by atoms with Crippen LogP contribution in [-0.4, -0.2) is 15.0 Å². The van der Waals surface area contributed by atoms with Crippen molar-refractivity contribution in [2.75, 3.05) is 0 Å². The molecule has 21 heavy (non-hydrogen) atoms. The number of oxazole rings is 1. The molecule has 0 amide bonds. The van der Waals surface area contributed by atoms with E-state index in [0.29, 0.717) is 11.6 Å². The molecule has 0 bridgehead atoms. The normalized spacial score (nSPS) is 10.8. The molecule has 4 nitrogen and oxygen atoms in total. The highest BCUT2D eigenvalue weighted by molar-refractivity contribution is 7.98. The summed E-state index contributed by atoms with van der Waals surface area (Å²) in [6.45, 7) is 3.90. The van der Waals surface area contributed by atoms with Gasteiger partial charge in [0.15, 0.2) is 5.16 Å². The minimum absolute atomic E-state index is 0.661. The van der Waals surface area contributed by atoms with E-state index in [1.807, 2.05) is 50.2 Å². The van der Waals surface area contributed by atoms with Crippen LogP contribution in [0.15, 0.2) is 52.2 Å². The molecule has 0 fully saturated rings. The van der Waals surface area contributed by atoms with E-state index in [9.17, 15) is 0 Å². The Balaban J connectivity index is 1.76. The second-order valence-corrected chi connectivity index (χ2v) is 5.60. The van der Waals surface area contributed by atoms with Crippen molar-refractivity contribution in [3.8, 4) is 11.5 Å². The van der Waals surface area contributed by atoms with Crippen LogP contribution >= 0.6 is 11.8 Å². The molecule has 0 aliphatic heterocycles. The molecule has 1 aromatic carbocycles. The highest BCUT2D eigenvalue weighted by Gasteiger charge is 2.12. The predicted octanol–water partition coefficient (Wildman–Crippen LogP) is 4.04. The average Bonchev–Trinajstić information content (AvgIpc) is 2.87. The molecule has 3 rings (SSSR count). The molecule has 5 heteroatoms. The molecule has 0 saturated carbocycles. The maximum absolute atomic E-state index is 5.75. The predicted molar refractivity (Wildman–Crippen MR) is 83.0 cm³/mol. The van der Waals surface area contributed by atoms with Gasteiger partial charge in [-0.05, 0) is 32.0 Å². The lowest BCUT2D eigenvalue weighted by atomic mass is 10.2. The third kappa shape index (κ3) is 3.31. The average molecular weight is 297 g/mol. The second kappa shape index (κ2) is 6.10. The van der Waals surface area contributed by atoms with Crippen molar-refractivity contribution >= 4 is 11.8 Å². The van der Waals surface area contributed by atoms with Gasteiger partial charge in [0.1, 0.15) is 5.76 Å². The first-order valence-corrected chi connectivity index (χ1v) is 7.65. The third-order valence-corrected chi connectivity index (χ3v) is 3.90. The fourth-order valence-corrected chi connectivity index (χ4v) is 2.77. The van der Waals surface area contributed by atoms with E-state index in [2.05, 4.69) is 15.0 Å². The van der Waals surface area contributed by atoms with Crippen LogP contribution in [0.2, 0.25) is 0 Å². The smallest absolute Gasteiger partial charge is 0.226 e. The van der Waals surface area contributed by atoms with Gasteiger partial charge in [-0.25, -0.2) is 15.0 Å². The van der Waals surface area contributed by atoms with Gasteiger partial charge >= 0.3 is 0 Å². The maximum atomic E-state index is 5.75. The van der Waals surface area contributed by atoms with Crippen LogP contribution in [0.5, 0.6) is 0 Å². The molecule has 0 aliphatic rings. The van der Waals surface area contributed by atoms with Gasteiger partial charge in [-0.15, -0.1) is 0 Å². The minimum atomic E-state index is 0.661. The summed E-state index contributed by atoms with van der Waals surface area (Å²) in [5.41, 5.74) is 2.89. The van der Waals surface area contributed by atoms with E-state index in [0.717, 1.165) is 27.9 Å². The van der Waals surface area contributed by atoms with E-state index >= 15 is 0 Å². The Bertz CT molecular complexity index is 740. The first kappa shape index (κ1) is 13.8. The summed E-state index contributed by atoms with van der Waals surface area (Å²) in [5, 5.41) is 0.763. The molecule has 0 aliphatic carbocycles. The molecule has 0 spiro atoms. The molecule has 0 atom stereocenters. The molecule has 0 saturated heterocycles. The summed E-state index contributed by atoms with van der Waals surface area (Å²) in [7, 11) is 0. The summed E-state index contributed by atoms with van der Waals surface area (Å²) < 4.78 is 5.75. The number of thioether (sulfide) groups is 1. The van der Waals surface area contributed by atoms with Crippen LogP contribution in [-0.2, 0) is 5.75 Å². The number of benzene rings is 1. The maximum Gasteiger partial charge on any atom is 0.226 e.